The normalized spacial score (nSPS) is 11.7. The summed E-state index contributed by atoms with van der Waals surface area (Å²) in [6.07, 6.45) is -2.80. The molecule has 7 heteroatoms. The Kier molecular flexibility index (Phi) is 5.21. The highest BCUT2D eigenvalue weighted by molar-refractivity contribution is 6.03. The average molecular weight is 374 g/mol. The number of anilines is 1. The van der Waals surface area contributed by atoms with E-state index in [1.165, 1.54) is 12.1 Å². The van der Waals surface area contributed by atoms with Crippen LogP contribution in [0.1, 0.15) is 11.1 Å². The predicted molar refractivity (Wildman–Crippen MR) is 99.7 cm³/mol. The fourth-order valence-corrected chi connectivity index (χ4v) is 2.65. The van der Waals surface area contributed by atoms with E-state index < -0.39 is 11.7 Å². The smallest absolute Gasteiger partial charge is 0.416 e. The number of halogens is 3. The van der Waals surface area contributed by atoms with Crippen molar-refractivity contribution in [2.45, 2.75) is 6.18 Å². The second kappa shape index (κ2) is 7.57. The molecule has 0 aliphatic rings. The van der Waals surface area contributed by atoms with Crippen LogP contribution in [0.2, 0.25) is 0 Å². The maximum absolute atomic E-state index is 12.6. The number of ether oxygens (including phenoxy) is 2. The minimum atomic E-state index is -4.36. The first-order valence-electron chi connectivity index (χ1n) is 8.03. The maximum Gasteiger partial charge on any atom is 0.416 e. The minimum absolute atomic E-state index is 0.441. The summed E-state index contributed by atoms with van der Waals surface area (Å²) in [5.41, 5.74) is 3.19. The number of nitrogens with one attached hydrogen (secondary N) is 1. The SMILES string of the molecule is COc1ccc2ccc(OC)c(/C=N/Nc3ccc(C(F)(F)F)cc3)c2c1. The molecular weight excluding hydrogens is 357 g/mol. The van der Waals surface area contributed by atoms with E-state index in [-0.39, 0.29) is 0 Å². The molecule has 27 heavy (non-hydrogen) atoms. The molecule has 0 heterocycles. The zero-order valence-corrected chi connectivity index (χ0v) is 14.7. The molecular formula is C20H17F3N2O2. The zero-order valence-electron chi connectivity index (χ0n) is 14.7. The van der Waals surface area contributed by atoms with Crippen LogP contribution in [0, 0.1) is 0 Å². The molecule has 140 valence electrons. The number of hydrogen-bond acceptors (Lipinski definition) is 4. The van der Waals surface area contributed by atoms with Crippen LogP contribution in [-0.4, -0.2) is 20.4 Å². The lowest BCUT2D eigenvalue weighted by molar-refractivity contribution is -0.137. The van der Waals surface area contributed by atoms with Gasteiger partial charge >= 0.3 is 6.18 Å². The van der Waals surface area contributed by atoms with Crippen molar-refractivity contribution < 1.29 is 22.6 Å². The van der Waals surface area contributed by atoms with Gasteiger partial charge in [-0.3, -0.25) is 5.43 Å². The Morgan fingerprint density at radius 1 is 0.926 bits per heavy atom. The molecule has 0 saturated carbocycles. The largest absolute Gasteiger partial charge is 0.497 e. The van der Waals surface area contributed by atoms with Crippen LogP contribution in [-0.2, 0) is 6.18 Å². The van der Waals surface area contributed by atoms with Gasteiger partial charge in [0.05, 0.1) is 31.7 Å². The summed E-state index contributed by atoms with van der Waals surface area (Å²) >= 11 is 0. The lowest BCUT2D eigenvalue weighted by Crippen LogP contribution is -2.04. The number of alkyl halides is 3. The van der Waals surface area contributed by atoms with Crippen LogP contribution in [0.15, 0.2) is 59.7 Å². The zero-order chi connectivity index (χ0) is 19.4. The Bertz CT molecular complexity index is 962. The first kappa shape index (κ1) is 18.6. The number of hydrogen-bond donors (Lipinski definition) is 1. The van der Waals surface area contributed by atoms with E-state index in [2.05, 4.69) is 10.5 Å². The van der Waals surface area contributed by atoms with Crippen molar-refractivity contribution in [3.05, 3.63) is 65.7 Å². The molecule has 0 aliphatic carbocycles. The van der Waals surface area contributed by atoms with Gasteiger partial charge in [-0.15, -0.1) is 0 Å². The fourth-order valence-electron chi connectivity index (χ4n) is 2.65. The molecule has 0 saturated heterocycles. The summed E-state index contributed by atoms with van der Waals surface area (Å²) in [4.78, 5) is 0. The standard InChI is InChI=1S/C20H17F3N2O2/c1-26-16-9-3-13-4-10-19(27-2)18(17(13)11-16)12-24-25-15-7-5-14(6-8-15)20(21,22)23/h3-12,25H,1-2H3/b24-12+. The van der Waals surface area contributed by atoms with Gasteiger partial charge in [0.25, 0.3) is 0 Å². The molecule has 4 nitrogen and oxygen atoms in total. The topological polar surface area (TPSA) is 42.9 Å². The molecule has 0 unspecified atom stereocenters. The van der Waals surface area contributed by atoms with Crippen molar-refractivity contribution >= 4 is 22.7 Å². The molecule has 3 aromatic carbocycles. The number of hydrazone groups is 1. The van der Waals surface area contributed by atoms with Crippen molar-refractivity contribution in [1.29, 1.82) is 0 Å². The Balaban J connectivity index is 1.89. The van der Waals surface area contributed by atoms with E-state index in [0.717, 1.165) is 28.5 Å². The van der Waals surface area contributed by atoms with Gasteiger partial charge in [-0.25, -0.2) is 0 Å². The molecule has 0 radical (unpaired) electrons. The Morgan fingerprint density at radius 2 is 1.63 bits per heavy atom. The predicted octanol–water partition coefficient (Wildman–Crippen LogP) is 5.32. The summed E-state index contributed by atoms with van der Waals surface area (Å²) < 4.78 is 48.5. The highest BCUT2D eigenvalue weighted by Crippen LogP contribution is 2.31. The highest BCUT2D eigenvalue weighted by atomic mass is 19.4. The second-order valence-electron chi connectivity index (χ2n) is 5.71. The number of benzene rings is 3. The lowest BCUT2D eigenvalue weighted by Gasteiger charge is -2.10. The van der Waals surface area contributed by atoms with Gasteiger partial charge in [-0.2, -0.15) is 18.3 Å². The van der Waals surface area contributed by atoms with Crippen molar-refractivity contribution in [1.82, 2.24) is 0 Å². The van der Waals surface area contributed by atoms with Crippen molar-refractivity contribution in [2.75, 3.05) is 19.6 Å². The van der Waals surface area contributed by atoms with Crippen LogP contribution >= 0.6 is 0 Å². The third kappa shape index (κ3) is 4.13. The van der Waals surface area contributed by atoms with Gasteiger partial charge in [0, 0.05) is 5.56 Å². The monoisotopic (exact) mass is 374 g/mol. The first-order chi connectivity index (χ1) is 12.9. The van der Waals surface area contributed by atoms with Gasteiger partial charge in [0.15, 0.2) is 0 Å². The van der Waals surface area contributed by atoms with E-state index in [4.69, 9.17) is 9.47 Å². The van der Waals surface area contributed by atoms with E-state index in [1.807, 2.05) is 30.3 Å². The quantitative estimate of drug-likeness (QED) is 0.485. The minimum Gasteiger partial charge on any atom is -0.497 e. The molecule has 0 spiro atoms. The van der Waals surface area contributed by atoms with Gasteiger partial charge in [-0.1, -0.05) is 12.1 Å². The fraction of sp³-hybridized carbons (Fsp3) is 0.150. The van der Waals surface area contributed by atoms with E-state index in [9.17, 15) is 13.2 Å². The molecule has 0 aliphatic heterocycles. The highest BCUT2D eigenvalue weighted by Gasteiger charge is 2.29. The lowest BCUT2D eigenvalue weighted by atomic mass is 10.0. The van der Waals surface area contributed by atoms with Gasteiger partial charge in [0.2, 0.25) is 0 Å². The van der Waals surface area contributed by atoms with E-state index in [1.54, 1.807) is 20.4 Å². The Labute approximate surface area is 154 Å². The Morgan fingerprint density at radius 3 is 2.26 bits per heavy atom. The van der Waals surface area contributed by atoms with Crippen LogP contribution in [0.4, 0.5) is 18.9 Å². The molecule has 1 N–H and O–H groups in total. The summed E-state index contributed by atoms with van der Waals surface area (Å²) in [5.74, 6) is 1.31. The van der Waals surface area contributed by atoms with E-state index >= 15 is 0 Å². The molecule has 0 bridgehead atoms. The number of fused-ring (bicyclic) bond motifs is 1. The van der Waals surface area contributed by atoms with Gasteiger partial charge in [-0.05, 0) is 53.2 Å². The van der Waals surface area contributed by atoms with Crippen molar-refractivity contribution in [2.24, 2.45) is 5.10 Å². The van der Waals surface area contributed by atoms with Crippen molar-refractivity contribution in [3.63, 3.8) is 0 Å². The summed E-state index contributed by atoms with van der Waals surface area (Å²) in [6, 6.07) is 14.1. The van der Waals surface area contributed by atoms with Gasteiger partial charge < -0.3 is 9.47 Å². The molecule has 0 fully saturated rings. The molecule has 3 rings (SSSR count). The number of nitrogens with zero attached hydrogens (tertiary/aromatic N) is 1. The molecule has 0 aromatic heterocycles. The summed E-state index contributed by atoms with van der Waals surface area (Å²) in [7, 11) is 3.14. The maximum atomic E-state index is 12.6. The summed E-state index contributed by atoms with van der Waals surface area (Å²) in [5, 5.41) is 6.00. The number of rotatable bonds is 5. The van der Waals surface area contributed by atoms with Crippen LogP contribution in [0.5, 0.6) is 11.5 Å². The summed E-state index contributed by atoms with van der Waals surface area (Å²) in [6.45, 7) is 0. The first-order valence-corrected chi connectivity index (χ1v) is 8.03. The second-order valence-corrected chi connectivity index (χ2v) is 5.71. The van der Waals surface area contributed by atoms with E-state index in [0.29, 0.717) is 17.2 Å². The molecule has 3 aromatic rings. The number of methoxy groups -OCH3 is 2. The third-order valence-corrected chi connectivity index (χ3v) is 4.05. The Hall–Kier alpha value is -3.22. The van der Waals surface area contributed by atoms with Crippen LogP contribution in [0.25, 0.3) is 10.8 Å². The van der Waals surface area contributed by atoms with Crippen LogP contribution in [0.3, 0.4) is 0 Å². The molecule has 0 amide bonds. The van der Waals surface area contributed by atoms with Gasteiger partial charge in [0.1, 0.15) is 11.5 Å². The average Bonchev–Trinajstić information content (AvgIpc) is 2.67. The van der Waals surface area contributed by atoms with Crippen LogP contribution < -0.4 is 14.9 Å². The van der Waals surface area contributed by atoms with Crippen molar-refractivity contribution in [3.8, 4) is 11.5 Å². The third-order valence-electron chi connectivity index (χ3n) is 4.05. The molecule has 0 atom stereocenters.